The Labute approximate surface area is 193 Å². The third kappa shape index (κ3) is 8.03. The van der Waals surface area contributed by atoms with Gasteiger partial charge in [-0.05, 0) is 5.56 Å². The van der Waals surface area contributed by atoms with E-state index in [0.717, 1.165) is 17.3 Å². The van der Waals surface area contributed by atoms with E-state index in [2.05, 4.69) is 4.40 Å². The molecule has 11 heteroatoms. The van der Waals surface area contributed by atoms with Crippen LogP contribution in [0.5, 0.6) is 0 Å². The maximum absolute atomic E-state index is 11.0. The van der Waals surface area contributed by atoms with E-state index in [0.29, 0.717) is 0 Å². The Morgan fingerprint density at radius 1 is 1.28 bits per heavy atom. The maximum atomic E-state index is 11.0. The Morgan fingerprint density at radius 3 is 2.48 bits per heavy atom. The smallest absolute Gasteiger partial charge is 0.730 e. The Hall–Kier alpha value is 0.626. The van der Waals surface area contributed by atoms with Crippen molar-refractivity contribution >= 4 is 27.1 Å². The van der Waals surface area contributed by atoms with Gasteiger partial charge in [-0.25, -0.2) is 8.42 Å². The van der Waals surface area contributed by atoms with Gasteiger partial charge in [-0.2, -0.15) is 4.40 Å². The van der Waals surface area contributed by atoms with Gasteiger partial charge in [0, 0.05) is 12.8 Å². The standard InChI is InChI=1S/C14H19NO7S2.K/c16-8-12-10(17)7-11(18)14(22-12)23-13(15-24(19,20)21)6-9-4-2-1-3-5-9;/h1-5,10-12,14,16-18H,6-8H2,(H,19,20,21);/q;+1/p-1/t10-,11+,12+,14-;/m0./s1. The zero-order chi connectivity index (χ0) is 17.7. The zero-order valence-electron chi connectivity index (χ0n) is 13.6. The summed E-state index contributed by atoms with van der Waals surface area (Å²) in [6.07, 6.45) is -2.98. The van der Waals surface area contributed by atoms with Gasteiger partial charge < -0.3 is 24.6 Å². The molecule has 3 N–H and O–H groups in total. The molecule has 1 heterocycles. The molecule has 1 aromatic rings. The van der Waals surface area contributed by atoms with Crippen molar-refractivity contribution in [3.63, 3.8) is 0 Å². The molecule has 25 heavy (non-hydrogen) atoms. The van der Waals surface area contributed by atoms with Gasteiger partial charge in [0.1, 0.15) is 11.5 Å². The van der Waals surface area contributed by atoms with Crippen molar-refractivity contribution in [2.45, 2.75) is 36.6 Å². The molecule has 0 bridgehead atoms. The predicted molar refractivity (Wildman–Crippen MR) is 87.2 cm³/mol. The fraction of sp³-hybridized carbons (Fsp3) is 0.500. The van der Waals surface area contributed by atoms with Crippen LogP contribution >= 0.6 is 11.8 Å². The van der Waals surface area contributed by atoms with E-state index >= 15 is 0 Å². The van der Waals surface area contributed by atoms with Crippen molar-refractivity contribution in [3.8, 4) is 0 Å². The largest absolute Gasteiger partial charge is 1.00 e. The summed E-state index contributed by atoms with van der Waals surface area (Å²) in [6.45, 7) is -0.448. The maximum Gasteiger partial charge on any atom is 1.00 e. The van der Waals surface area contributed by atoms with Gasteiger partial charge in [0.05, 0.1) is 23.9 Å². The summed E-state index contributed by atoms with van der Waals surface area (Å²) in [5, 5.41) is 28.8. The minimum absolute atomic E-state index is 0. The summed E-state index contributed by atoms with van der Waals surface area (Å²) in [5.74, 6) is 0. The fourth-order valence-electron chi connectivity index (χ4n) is 2.26. The Kier molecular flexibility index (Phi) is 10.3. The molecular formula is C14H18KNO7S2. The van der Waals surface area contributed by atoms with E-state index in [1.807, 2.05) is 0 Å². The summed E-state index contributed by atoms with van der Waals surface area (Å²) < 4.78 is 41.5. The van der Waals surface area contributed by atoms with Gasteiger partial charge in [-0.3, -0.25) is 0 Å². The van der Waals surface area contributed by atoms with Gasteiger partial charge in [-0.15, -0.1) is 0 Å². The second-order valence-electron chi connectivity index (χ2n) is 5.29. The molecule has 0 amide bonds. The van der Waals surface area contributed by atoms with Crippen molar-refractivity contribution < 1.29 is 84.4 Å². The van der Waals surface area contributed by atoms with E-state index in [4.69, 9.17) is 9.84 Å². The van der Waals surface area contributed by atoms with Crippen LogP contribution in [-0.2, 0) is 21.5 Å². The number of aliphatic hydroxyl groups is 3. The molecular weight excluding hydrogens is 397 g/mol. The van der Waals surface area contributed by atoms with Crippen LogP contribution < -0.4 is 51.4 Å². The van der Waals surface area contributed by atoms with E-state index in [9.17, 15) is 23.2 Å². The van der Waals surface area contributed by atoms with E-state index in [1.165, 1.54) is 0 Å². The topological polar surface area (TPSA) is 139 Å². The molecule has 0 radical (unpaired) electrons. The zero-order valence-corrected chi connectivity index (χ0v) is 18.3. The molecule has 1 aromatic carbocycles. The number of aliphatic hydroxyl groups excluding tert-OH is 3. The van der Waals surface area contributed by atoms with E-state index in [-0.39, 0.29) is 69.3 Å². The van der Waals surface area contributed by atoms with Crippen molar-refractivity contribution in [1.82, 2.24) is 0 Å². The quantitative estimate of drug-likeness (QED) is 0.196. The number of nitrogens with zero attached hydrogens (tertiary/aromatic N) is 1. The molecule has 0 aliphatic carbocycles. The monoisotopic (exact) mass is 415 g/mol. The summed E-state index contributed by atoms with van der Waals surface area (Å²) >= 11 is 0.793. The van der Waals surface area contributed by atoms with Crippen molar-refractivity contribution in [2.24, 2.45) is 4.40 Å². The first-order valence-electron chi connectivity index (χ1n) is 7.16. The predicted octanol–water partition coefficient (Wildman–Crippen LogP) is -3.35. The molecule has 0 spiro atoms. The van der Waals surface area contributed by atoms with Crippen molar-refractivity contribution in [3.05, 3.63) is 35.9 Å². The van der Waals surface area contributed by atoms with Crippen LogP contribution in [0, 0.1) is 0 Å². The first-order valence-corrected chi connectivity index (χ1v) is 9.40. The molecule has 1 aliphatic heterocycles. The van der Waals surface area contributed by atoms with Gasteiger partial charge in [0.25, 0.3) is 0 Å². The van der Waals surface area contributed by atoms with Gasteiger partial charge >= 0.3 is 51.4 Å². The summed E-state index contributed by atoms with van der Waals surface area (Å²) in [4.78, 5) is 0. The van der Waals surface area contributed by atoms with Gasteiger partial charge in [-0.1, -0.05) is 42.1 Å². The molecule has 0 unspecified atom stereocenters. The third-order valence-electron chi connectivity index (χ3n) is 3.38. The summed E-state index contributed by atoms with van der Waals surface area (Å²) in [7, 11) is -4.86. The third-order valence-corrected chi connectivity index (χ3v) is 5.10. The molecule has 1 saturated heterocycles. The number of benzene rings is 1. The SMILES string of the molecule is O=S(=O)([O-])N=C(Cc1ccccc1)S[C@@H]1O[C@H](CO)[C@@H](O)C[C@H]1O.[K+]. The number of thioether (sulfide) groups is 1. The van der Waals surface area contributed by atoms with Crippen LogP contribution in [0.4, 0.5) is 0 Å². The van der Waals surface area contributed by atoms with E-state index in [1.54, 1.807) is 30.3 Å². The van der Waals surface area contributed by atoms with Crippen LogP contribution in [0.15, 0.2) is 34.7 Å². The number of ether oxygens (including phenoxy) is 1. The molecule has 134 valence electrons. The molecule has 8 nitrogen and oxygen atoms in total. The molecule has 4 atom stereocenters. The Balaban J connectivity index is 0.00000312. The van der Waals surface area contributed by atoms with Crippen molar-refractivity contribution in [1.29, 1.82) is 0 Å². The van der Waals surface area contributed by atoms with E-state index < -0.39 is 40.7 Å². The fourth-order valence-corrected chi connectivity index (χ4v) is 4.00. The normalized spacial score (nSPS) is 27.6. The van der Waals surface area contributed by atoms with Gasteiger partial charge in [0.2, 0.25) is 10.3 Å². The average Bonchev–Trinajstić information content (AvgIpc) is 2.49. The number of hydrogen-bond donors (Lipinski definition) is 3. The minimum atomic E-state index is -4.86. The van der Waals surface area contributed by atoms with Crippen LogP contribution in [0.3, 0.4) is 0 Å². The molecule has 0 aromatic heterocycles. The number of rotatable bonds is 5. The summed E-state index contributed by atoms with van der Waals surface area (Å²) in [6, 6.07) is 8.79. The minimum Gasteiger partial charge on any atom is -0.730 e. The van der Waals surface area contributed by atoms with Crippen LogP contribution in [-0.4, -0.2) is 63.7 Å². The Morgan fingerprint density at radius 2 is 1.92 bits per heavy atom. The molecule has 1 aliphatic rings. The first-order chi connectivity index (χ1) is 11.3. The van der Waals surface area contributed by atoms with Crippen LogP contribution in [0.2, 0.25) is 0 Å². The second kappa shape index (κ2) is 10.8. The second-order valence-corrected chi connectivity index (χ2v) is 7.50. The first kappa shape index (κ1) is 23.7. The molecule has 0 saturated carbocycles. The molecule has 1 fully saturated rings. The average molecular weight is 416 g/mol. The van der Waals surface area contributed by atoms with Crippen molar-refractivity contribution in [2.75, 3.05) is 6.61 Å². The Bertz CT molecular complexity index is 671. The molecule has 2 rings (SSSR count). The van der Waals surface area contributed by atoms with Crippen LogP contribution in [0.1, 0.15) is 12.0 Å². The van der Waals surface area contributed by atoms with Gasteiger partial charge in [0.15, 0.2) is 0 Å². The number of hydrogen-bond acceptors (Lipinski definition) is 8. The van der Waals surface area contributed by atoms with Crippen LogP contribution in [0.25, 0.3) is 0 Å². The summed E-state index contributed by atoms with van der Waals surface area (Å²) in [5.41, 5.74) is -0.216.